The summed E-state index contributed by atoms with van der Waals surface area (Å²) < 4.78 is 0. The van der Waals surface area contributed by atoms with Crippen molar-refractivity contribution in [1.82, 2.24) is 10.2 Å². The Hall–Kier alpha value is -2.57. The minimum Gasteiger partial charge on any atom is -0.480 e. The highest BCUT2D eigenvalue weighted by atomic mass is 16.4. The van der Waals surface area contributed by atoms with Crippen LogP contribution in [0.5, 0.6) is 0 Å². The highest BCUT2D eigenvalue weighted by molar-refractivity contribution is 5.86. The van der Waals surface area contributed by atoms with E-state index in [0.29, 0.717) is 19.4 Å². The van der Waals surface area contributed by atoms with Gasteiger partial charge in [-0.1, -0.05) is 30.3 Å². The number of urea groups is 1. The lowest BCUT2D eigenvalue weighted by Crippen LogP contribution is -2.50. The zero-order chi connectivity index (χ0) is 16.8. The lowest BCUT2D eigenvalue weighted by atomic mass is 9.96. The van der Waals surface area contributed by atoms with E-state index in [9.17, 15) is 19.5 Å². The number of piperidine rings is 1. The first-order valence-corrected chi connectivity index (χ1v) is 7.59. The van der Waals surface area contributed by atoms with Crippen LogP contribution in [-0.4, -0.2) is 47.0 Å². The van der Waals surface area contributed by atoms with Gasteiger partial charge < -0.3 is 21.1 Å². The van der Waals surface area contributed by atoms with E-state index < -0.39 is 24.0 Å². The van der Waals surface area contributed by atoms with Crippen LogP contribution in [0.3, 0.4) is 0 Å². The maximum Gasteiger partial charge on any atom is 0.326 e. The molecule has 1 aliphatic heterocycles. The van der Waals surface area contributed by atoms with Gasteiger partial charge in [0.1, 0.15) is 6.04 Å². The molecule has 1 unspecified atom stereocenters. The predicted molar refractivity (Wildman–Crippen MR) is 83.6 cm³/mol. The Bertz CT molecular complexity index is 576. The summed E-state index contributed by atoms with van der Waals surface area (Å²) in [7, 11) is 0. The van der Waals surface area contributed by atoms with E-state index in [1.165, 1.54) is 4.90 Å². The van der Waals surface area contributed by atoms with Crippen LogP contribution in [0.1, 0.15) is 18.4 Å². The smallest absolute Gasteiger partial charge is 0.326 e. The van der Waals surface area contributed by atoms with Crippen LogP contribution >= 0.6 is 0 Å². The molecule has 0 spiro atoms. The van der Waals surface area contributed by atoms with Gasteiger partial charge in [0, 0.05) is 19.5 Å². The number of nitrogens with one attached hydrogen (secondary N) is 1. The molecule has 1 aromatic rings. The number of primary amides is 1. The second-order valence-corrected chi connectivity index (χ2v) is 5.71. The third-order valence-electron chi connectivity index (χ3n) is 4.00. The van der Waals surface area contributed by atoms with Crippen LogP contribution in [0.25, 0.3) is 0 Å². The molecule has 23 heavy (non-hydrogen) atoms. The number of likely N-dealkylation sites (tertiary alicyclic amines) is 1. The first kappa shape index (κ1) is 16.8. The number of hydrogen-bond donors (Lipinski definition) is 3. The van der Waals surface area contributed by atoms with Gasteiger partial charge in [0.25, 0.3) is 0 Å². The maximum absolute atomic E-state index is 12.3. The molecule has 0 radical (unpaired) electrons. The monoisotopic (exact) mass is 319 g/mol. The van der Waals surface area contributed by atoms with Gasteiger partial charge >= 0.3 is 12.0 Å². The second kappa shape index (κ2) is 7.62. The first-order chi connectivity index (χ1) is 11.0. The van der Waals surface area contributed by atoms with Crippen molar-refractivity contribution in [3.63, 3.8) is 0 Å². The summed E-state index contributed by atoms with van der Waals surface area (Å²) in [6.07, 6.45) is 1.51. The van der Waals surface area contributed by atoms with E-state index in [4.69, 9.17) is 5.73 Å². The molecule has 0 saturated carbocycles. The molecule has 1 aromatic carbocycles. The molecule has 7 heteroatoms. The largest absolute Gasteiger partial charge is 0.480 e. The summed E-state index contributed by atoms with van der Waals surface area (Å²) in [4.78, 5) is 36.3. The van der Waals surface area contributed by atoms with Crippen molar-refractivity contribution in [3.05, 3.63) is 35.9 Å². The number of carbonyl (C=O) groups is 3. The van der Waals surface area contributed by atoms with Gasteiger partial charge in [-0.25, -0.2) is 9.59 Å². The molecule has 3 amide bonds. The predicted octanol–water partition coefficient (Wildman–Crippen LogP) is 0.589. The Morgan fingerprint density at radius 2 is 2.00 bits per heavy atom. The third-order valence-corrected chi connectivity index (χ3v) is 4.00. The van der Waals surface area contributed by atoms with Gasteiger partial charge in [-0.15, -0.1) is 0 Å². The fourth-order valence-electron chi connectivity index (χ4n) is 2.73. The Balaban J connectivity index is 1.98. The van der Waals surface area contributed by atoms with Crippen molar-refractivity contribution < 1.29 is 19.5 Å². The summed E-state index contributed by atoms with van der Waals surface area (Å²) in [6, 6.07) is 7.58. The molecule has 4 N–H and O–H groups in total. The lowest BCUT2D eigenvalue weighted by molar-refractivity contribution is -0.142. The summed E-state index contributed by atoms with van der Waals surface area (Å²) in [5.74, 6) is -1.85. The van der Waals surface area contributed by atoms with Gasteiger partial charge in [-0.3, -0.25) is 4.79 Å². The minimum absolute atomic E-state index is 0.216. The molecule has 1 aliphatic rings. The first-order valence-electron chi connectivity index (χ1n) is 7.59. The summed E-state index contributed by atoms with van der Waals surface area (Å²) in [5, 5.41) is 11.9. The lowest BCUT2D eigenvalue weighted by Gasteiger charge is -2.31. The van der Waals surface area contributed by atoms with Crippen LogP contribution in [-0.2, 0) is 16.0 Å². The number of aliphatic carboxylic acids is 1. The number of nitrogens with two attached hydrogens (primary N) is 1. The Morgan fingerprint density at radius 1 is 1.30 bits per heavy atom. The van der Waals surface area contributed by atoms with Gasteiger partial charge in [0.2, 0.25) is 5.91 Å². The quantitative estimate of drug-likeness (QED) is 0.737. The number of rotatable bonds is 5. The van der Waals surface area contributed by atoms with Crippen molar-refractivity contribution in [2.75, 3.05) is 13.1 Å². The van der Waals surface area contributed by atoms with E-state index in [-0.39, 0.29) is 18.9 Å². The average Bonchev–Trinajstić information content (AvgIpc) is 2.55. The maximum atomic E-state index is 12.3. The van der Waals surface area contributed by atoms with Crippen molar-refractivity contribution in [1.29, 1.82) is 0 Å². The third kappa shape index (κ3) is 4.70. The van der Waals surface area contributed by atoms with Gasteiger partial charge in [0.15, 0.2) is 0 Å². The average molecular weight is 319 g/mol. The van der Waals surface area contributed by atoms with E-state index in [0.717, 1.165) is 5.56 Å². The standard InChI is InChI=1S/C16H21N3O4/c17-16(23)19-8-4-7-12(10-19)14(20)18-13(15(21)22)9-11-5-2-1-3-6-11/h1-3,5-6,12-13H,4,7-10H2,(H2,17,23)(H,18,20)(H,21,22)/t12?,13-/m1/s1. The molecule has 7 nitrogen and oxygen atoms in total. The minimum atomic E-state index is -1.08. The second-order valence-electron chi connectivity index (χ2n) is 5.71. The van der Waals surface area contributed by atoms with E-state index in [1.54, 1.807) is 0 Å². The molecule has 1 heterocycles. The molecule has 124 valence electrons. The fraction of sp³-hybridized carbons (Fsp3) is 0.438. The van der Waals surface area contributed by atoms with Crippen LogP contribution in [0.4, 0.5) is 4.79 Å². The number of hydrogen-bond acceptors (Lipinski definition) is 3. The summed E-state index contributed by atoms with van der Waals surface area (Å²) in [5.41, 5.74) is 6.08. The Kier molecular flexibility index (Phi) is 5.56. The Labute approximate surface area is 134 Å². The van der Waals surface area contributed by atoms with E-state index >= 15 is 0 Å². The van der Waals surface area contributed by atoms with Gasteiger partial charge in [0.05, 0.1) is 5.92 Å². The van der Waals surface area contributed by atoms with Crippen molar-refractivity contribution in [3.8, 4) is 0 Å². The molecule has 1 fully saturated rings. The van der Waals surface area contributed by atoms with E-state index in [1.807, 2.05) is 30.3 Å². The normalized spacial score (nSPS) is 19.0. The summed E-state index contributed by atoms with van der Waals surface area (Å²) >= 11 is 0. The number of carboxylic acid groups (broad SMARTS) is 1. The van der Waals surface area contributed by atoms with E-state index in [2.05, 4.69) is 5.32 Å². The molecule has 0 aliphatic carbocycles. The zero-order valence-electron chi connectivity index (χ0n) is 12.8. The van der Waals surface area contributed by atoms with Crippen LogP contribution in [0.2, 0.25) is 0 Å². The number of nitrogens with zero attached hydrogens (tertiary/aromatic N) is 1. The molecular formula is C16H21N3O4. The zero-order valence-corrected chi connectivity index (χ0v) is 12.8. The van der Waals surface area contributed by atoms with Crippen molar-refractivity contribution in [2.24, 2.45) is 11.7 Å². The number of benzene rings is 1. The molecule has 1 saturated heterocycles. The highest BCUT2D eigenvalue weighted by Crippen LogP contribution is 2.17. The molecular weight excluding hydrogens is 298 g/mol. The number of carboxylic acids is 1. The topological polar surface area (TPSA) is 113 Å². The van der Waals surface area contributed by atoms with Crippen molar-refractivity contribution in [2.45, 2.75) is 25.3 Å². The van der Waals surface area contributed by atoms with Crippen LogP contribution < -0.4 is 11.1 Å². The number of carbonyl (C=O) groups excluding carboxylic acids is 2. The van der Waals surface area contributed by atoms with Crippen LogP contribution in [0, 0.1) is 5.92 Å². The fourth-order valence-corrected chi connectivity index (χ4v) is 2.73. The SMILES string of the molecule is NC(=O)N1CCCC(C(=O)N[C@H](Cc2ccccc2)C(=O)O)C1. The highest BCUT2D eigenvalue weighted by Gasteiger charge is 2.30. The van der Waals surface area contributed by atoms with Crippen LogP contribution in [0.15, 0.2) is 30.3 Å². The van der Waals surface area contributed by atoms with Gasteiger partial charge in [-0.2, -0.15) is 0 Å². The number of amides is 3. The molecule has 0 bridgehead atoms. The molecule has 0 aromatic heterocycles. The van der Waals surface area contributed by atoms with Gasteiger partial charge in [-0.05, 0) is 18.4 Å². The summed E-state index contributed by atoms with van der Waals surface area (Å²) in [6.45, 7) is 0.768. The molecule has 2 rings (SSSR count). The Morgan fingerprint density at radius 3 is 2.61 bits per heavy atom. The van der Waals surface area contributed by atoms with Crippen molar-refractivity contribution >= 4 is 17.9 Å². The molecule has 2 atom stereocenters.